The van der Waals surface area contributed by atoms with Gasteiger partial charge in [0.05, 0.1) is 10.9 Å². The van der Waals surface area contributed by atoms with E-state index in [-0.39, 0.29) is 16.5 Å². The van der Waals surface area contributed by atoms with E-state index in [2.05, 4.69) is 16.6 Å². The molecule has 114 valence electrons. The van der Waals surface area contributed by atoms with E-state index in [1.165, 1.54) is 19.1 Å². The fourth-order valence-electron chi connectivity index (χ4n) is 1.58. The predicted octanol–water partition coefficient (Wildman–Crippen LogP) is 2.93. The van der Waals surface area contributed by atoms with Gasteiger partial charge in [0.2, 0.25) is 0 Å². The Morgan fingerprint density at radius 1 is 1.23 bits per heavy atom. The summed E-state index contributed by atoms with van der Waals surface area (Å²) in [5.41, 5.74) is 1.32. The number of halogens is 1. The fourth-order valence-corrected chi connectivity index (χ4v) is 4.03. The minimum absolute atomic E-state index is 0.00763. The van der Waals surface area contributed by atoms with Crippen LogP contribution in [0.1, 0.15) is 22.8 Å². The van der Waals surface area contributed by atoms with Gasteiger partial charge in [-0.25, -0.2) is 8.42 Å². The first-order chi connectivity index (χ1) is 10.4. The molecule has 0 unspecified atom stereocenters. The van der Waals surface area contributed by atoms with Crippen LogP contribution in [-0.2, 0) is 10.0 Å². The van der Waals surface area contributed by atoms with Gasteiger partial charge in [-0.3, -0.25) is 4.79 Å². The molecule has 0 radical (unpaired) electrons. The second-order valence-electron chi connectivity index (χ2n) is 4.32. The van der Waals surface area contributed by atoms with Crippen molar-refractivity contribution in [2.75, 3.05) is 6.54 Å². The minimum atomic E-state index is -3.57. The van der Waals surface area contributed by atoms with E-state index in [1.807, 2.05) is 0 Å². The topological polar surface area (TPSA) is 63.2 Å². The summed E-state index contributed by atoms with van der Waals surface area (Å²) in [6, 6.07) is 9.79. The molecule has 1 heterocycles. The lowest BCUT2D eigenvalue weighted by atomic mass is 10.1. The zero-order valence-electron chi connectivity index (χ0n) is 11.6. The molecule has 0 saturated carbocycles. The molecule has 0 atom stereocenters. The van der Waals surface area contributed by atoms with Crippen molar-refractivity contribution in [2.45, 2.75) is 11.1 Å². The quantitative estimate of drug-likeness (QED) is 0.679. The molecule has 7 heteroatoms. The number of ketones is 1. The number of Topliss-reactive ketones (excluding diaryl/α,β-unsaturated/α-hetero) is 1. The van der Waals surface area contributed by atoms with Gasteiger partial charge in [-0.05, 0) is 31.2 Å². The first-order valence-corrected chi connectivity index (χ1v) is 8.91. The maximum atomic E-state index is 11.9. The van der Waals surface area contributed by atoms with Crippen molar-refractivity contribution in [2.24, 2.45) is 0 Å². The van der Waals surface area contributed by atoms with Crippen LogP contribution >= 0.6 is 22.9 Å². The van der Waals surface area contributed by atoms with Crippen LogP contribution in [0.4, 0.5) is 0 Å². The highest BCUT2D eigenvalue weighted by Gasteiger charge is 2.15. The van der Waals surface area contributed by atoms with E-state index < -0.39 is 10.0 Å². The van der Waals surface area contributed by atoms with Gasteiger partial charge in [0.25, 0.3) is 10.0 Å². The predicted molar refractivity (Wildman–Crippen MR) is 87.8 cm³/mol. The Balaban J connectivity index is 1.98. The van der Waals surface area contributed by atoms with E-state index >= 15 is 0 Å². The molecule has 0 bridgehead atoms. The number of rotatable bonds is 4. The molecule has 0 saturated heterocycles. The summed E-state index contributed by atoms with van der Waals surface area (Å²) in [7, 11) is -3.57. The van der Waals surface area contributed by atoms with Crippen LogP contribution in [-0.4, -0.2) is 20.7 Å². The number of benzene rings is 1. The largest absolute Gasteiger partial charge is 0.295 e. The Morgan fingerprint density at radius 3 is 2.45 bits per heavy atom. The Hall–Kier alpha value is -1.65. The zero-order chi connectivity index (χ0) is 16.2. The lowest BCUT2D eigenvalue weighted by molar-refractivity contribution is 0.101. The molecular weight excluding hydrogens is 342 g/mol. The molecule has 2 rings (SSSR count). The van der Waals surface area contributed by atoms with Gasteiger partial charge in [-0.15, -0.1) is 11.3 Å². The average molecular weight is 354 g/mol. The zero-order valence-corrected chi connectivity index (χ0v) is 14.0. The highest BCUT2D eigenvalue weighted by atomic mass is 35.5. The number of carbonyl (C=O) groups is 1. The number of carbonyl (C=O) groups excluding carboxylic acids is 1. The van der Waals surface area contributed by atoms with Crippen molar-refractivity contribution in [1.82, 2.24) is 4.72 Å². The maximum Gasteiger partial charge on any atom is 0.250 e. The number of hydrogen-bond donors (Lipinski definition) is 1. The fraction of sp³-hybridized carbons (Fsp3) is 0.133. The first-order valence-electron chi connectivity index (χ1n) is 6.23. The standard InChI is InChI=1S/C15H12ClNO3S2/c1-11(18)13-6-4-12(5-7-13)3-2-10-17-22(19,20)15-9-8-14(16)21-15/h4-9,17H,10H2,1H3. The van der Waals surface area contributed by atoms with Gasteiger partial charge in [-0.2, -0.15) is 4.72 Å². The van der Waals surface area contributed by atoms with Crippen LogP contribution < -0.4 is 4.72 Å². The molecule has 0 amide bonds. The lowest BCUT2D eigenvalue weighted by Gasteiger charge is -1.99. The van der Waals surface area contributed by atoms with Gasteiger partial charge in [0.15, 0.2) is 5.78 Å². The molecule has 1 N–H and O–H groups in total. The van der Waals surface area contributed by atoms with Crippen LogP contribution in [0.2, 0.25) is 4.34 Å². The van der Waals surface area contributed by atoms with Crippen LogP contribution in [0, 0.1) is 11.8 Å². The summed E-state index contributed by atoms with van der Waals surface area (Å²) in [5.74, 6) is 5.55. The summed E-state index contributed by atoms with van der Waals surface area (Å²) in [4.78, 5) is 11.1. The van der Waals surface area contributed by atoms with E-state index in [0.29, 0.717) is 15.5 Å². The van der Waals surface area contributed by atoms with E-state index in [0.717, 1.165) is 11.3 Å². The van der Waals surface area contributed by atoms with Crippen molar-refractivity contribution in [1.29, 1.82) is 0 Å². The van der Waals surface area contributed by atoms with Gasteiger partial charge >= 0.3 is 0 Å². The monoisotopic (exact) mass is 353 g/mol. The first kappa shape index (κ1) is 16.7. The van der Waals surface area contributed by atoms with E-state index in [1.54, 1.807) is 24.3 Å². The summed E-state index contributed by atoms with van der Waals surface area (Å²) < 4.78 is 26.8. The highest BCUT2D eigenvalue weighted by molar-refractivity contribution is 7.91. The number of sulfonamides is 1. The average Bonchev–Trinajstić information content (AvgIpc) is 2.92. The van der Waals surface area contributed by atoms with Crippen molar-refractivity contribution in [3.8, 4) is 11.8 Å². The van der Waals surface area contributed by atoms with Crippen molar-refractivity contribution < 1.29 is 13.2 Å². The Kier molecular flexibility index (Phi) is 5.37. The van der Waals surface area contributed by atoms with Crippen molar-refractivity contribution in [3.05, 3.63) is 51.9 Å². The molecule has 0 aliphatic carbocycles. The van der Waals surface area contributed by atoms with Crippen LogP contribution in [0.15, 0.2) is 40.6 Å². The minimum Gasteiger partial charge on any atom is -0.295 e. The molecule has 0 aliphatic heterocycles. The molecule has 0 fully saturated rings. The molecule has 1 aromatic carbocycles. The molecular formula is C15H12ClNO3S2. The molecule has 0 aliphatic rings. The van der Waals surface area contributed by atoms with Gasteiger partial charge in [-0.1, -0.05) is 35.6 Å². The van der Waals surface area contributed by atoms with Gasteiger partial charge in [0, 0.05) is 11.1 Å². The third kappa shape index (κ3) is 4.42. The van der Waals surface area contributed by atoms with Crippen LogP contribution in [0.25, 0.3) is 0 Å². The highest BCUT2D eigenvalue weighted by Crippen LogP contribution is 2.25. The van der Waals surface area contributed by atoms with Crippen molar-refractivity contribution >= 4 is 38.7 Å². The SMILES string of the molecule is CC(=O)c1ccc(C#CCNS(=O)(=O)c2ccc(Cl)s2)cc1. The maximum absolute atomic E-state index is 11.9. The van der Waals surface area contributed by atoms with Crippen LogP contribution in [0.5, 0.6) is 0 Å². The summed E-state index contributed by atoms with van der Waals surface area (Å²) in [5, 5.41) is 0. The van der Waals surface area contributed by atoms with E-state index in [4.69, 9.17) is 11.6 Å². The molecule has 0 spiro atoms. The normalized spacial score (nSPS) is 10.8. The number of thiophene rings is 1. The molecule has 2 aromatic rings. The summed E-state index contributed by atoms with van der Waals surface area (Å²) in [6.07, 6.45) is 0. The number of hydrogen-bond acceptors (Lipinski definition) is 4. The summed E-state index contributed by atoms with van der Waals surface area (Å²) >= 11 is 6.71. The second kappa shape index (κ2) is 7.07. The Labute approximate surface area is 138 Å². The van der Waals surface area contributed by atoms with Gasteiger partial charge < -0.3 is 0 Å². The Bertz CT molecular complexity index is 843. The number of nitrogens with one attached hydrogen (secondary N) is 1. The molecule has 4 nitrogen and oxygen atoms in total. The third-order valence-electron chi connectivity index (χ3n) is 2.69. The smallest absolute Gasteiger partial charge is 0.250 e. The van der Waals surface area contributed by atoms with E-state index in [9.17, 15) is 13.2 Å². The summed E-state index contributed by atoms with van der Waals surface area (Å²) in [6.45, 7) is 1.48. The second-order valence-corrected chi connectivity index (χ2v) is 8.03. The lowest BCUT2D eigenvalue weighted by Crippen LogP contribution is -2.23. The van der Waals surface area contributed by atoms with Crippen LogP contribution in [0.3, 0.4) is 0 Å². The van der Waals surface area contributed by atoms with Crippen molar-refractivity contribution in [3.63, 3.8) is 0 Å². The molecule has 22 heavy (non-hydrogen) atoms. The Morgan fingerprint density at radius 2 is 1.91 bits per heavy atom. The third-order valence-corrected chi connectivity index (χ3v) is 5.81. The molecule has 1 aromatic heterocycles. The van der Waals surface area contributed by atoms with Gasteiger partial charge in [0.1, 0.15) is 4.21 Å².